The Hall–Kier alpha value is -2.36. The second-order valence-electron chi connectivity index (χ2n) is 7.08. The van der Waals surface area contributed by atoms with Gasteiger partial charge in [-0.1, -0.05) is 0 Å². The molecule has 0 radical (unpaired) electrons. The molecule has 0 amide bonds. The fourth-order valence-electron chi connectivity index (χ4n) is 3.22. The summed E-state index contributed by atoms with van der Waals surface area (Å²) in [7, 11) is 0. The summed E-state index contributed by atoms with van der Waals surface area (Å²) in [4.78, 5) is 7.89. The Morgan fingerprint density at radius 3 is 2.70 bits per heavy atom. The standard InChI is InChI=1S/C17H22F3N7/c1-2-22-15-12(17(18,19)20)8-23-16(25-15)24-14-6-13(11-5-9(11)7-21)26-27(14)10-3-4-10/h6,8-11H,2-5,7,21H2,1H3,(H2,22,23,24,25)/t9-,11-/m0/s1. The highest BCUT2D eigenvalue weighted by atomic mass is 19.4. The Balaban J connectivity index is 1.61. The van der Waals surface area contributed by atoms with Crippen molar-refractivity contribution in [2.24, 2.45) is 11.7 Å². The summed E-state index contributed by atoms with van der Waals surface area (Å²) in [5.41, 5.74) is 5.82. The third-order valence-corrected chi connectivity index (χ3v) is 4.93. The number of hydrogen-bond acceptors (Lipinski definition) is 6. The molecule has 27 heavy (non-hydrogen) atoms. The average Bonchev–Trinajstić information content (AvgIpc) is 3.53. The van der Waals surface area contributed by atoms with E-state index in [9.17, 15) is 13.2 Å². The molecule has 7 nitrogen and oxygen atoms in total. The Labute approximate surface area is 154 Å². The van der Waals surface area contributed by atoms with Gasteiger partial charge in [0.25, 0.3) is 0 Å². The maximum Gasteiger partial charge on any atom is 0.421 e. The second-order valence-corrected chi connectivity index (χ2v) is 7.08. The fourth-order valence-corrected chi connectivity index (χ4v) is 3.22. The van der Waals surface area contributed by atoms with Gasteiger partial charge in [0, 0.05) is 24.7 Å². The van der Waals surface area contributed by atoms with Crippen LogP contribution in [-0.2, 0) is 6.18 Å². The first kappa shape index (κ1) is 18.0. The molecule has 2 aliphatic carbocycles. The Kier molecular flexibility index (Phi) is 4.45. The van der Waals surface area contributed by atoms with Crippen LogP contribution in [0.3, 0.4) is 0 Å². The third-order valence-electron chi connectivity index (χ3n) is 4.93. The number of aromatic nitrogens is 4. The molecular formula is C17H22F3N7. The van der Waals surface area contributed by atoms with Gasteiger partial charge in [0.05, 0.1) is 11.7 Å². The molecule has 2 saturated carbocycles. The molecule has 0 spiro atoms. The first-order valence-electron chi connectivity index (χ1n) is 9.15. The second kappa shape index (κ2) is 6.66. The molecule has 2 heterocycles. The Morgan fingerprint density at radius 1 is 1.33 bits per heavy atom. The van der Waals surface area contributed by atoms with Gasteiger partial charge in [0.15, 0.2) is 0 Å². The van der Waals surface area contributed by atoms with Crippen LogP contribution in [0.25, 0.3) is 0 Å². The van der Waals surface area contributed by atoms with Crippen molar-refractivity contribution in [3.05, 3.63) is 23.5 Å². The quantitative estimate of drug-likeness (QED) is 0.682. The normalized spacial score (nSPS) is 22.0. The molecule has 0 unspecified atom stereocenters. The highest BCUT2D eigenvalue weighted by Gasteiger charge is 2.40. The van der Waals surface area contributed by atoms with Gasteiger partial charge in [0.2, 0.25) is 5.95 Å². The van der Waals surface area contributed by atoms with Gasteiger partial charge in [0.1, 0.15) is 17.2 Å². The summed E-state index contributed by atoms with van der Waals surface area (Å²) in [5, 5.41) is 10.4. The van der Waals surface area contributed by atoms with Gasteiger partial charge < -0.3 is 16.4 Å². The molecule has 0 aliphatic heterocycles. The first-order valence-corrected chi connectivity index (χ1v) is 9.15. The molecule has 4 N–H and O–H groups in total. The number of hydrogen-bond donors (Lipinski definition) is 3. The van der Waals surface area contributed by atoms with E-state index < -0.39 is 11.7 Å². The molecule has 4 rings (SSSR count). The number of halogens is 3. The minimum atomic E-state index is -4.51. The minimum absolute atomic E-state index is 0.110. The molecule has 2 aromatic rings. The molecule has 146 valence electrons. The van der Waals surface area contributed by atoms with E-state index in [0.29, 0.717) is 36.8 Å². The van der Waals surface area contributed by atoms with Gasteiger partial charge in [-0.15, -0.1) is 0 Å². The molecule has 2 aromatic heterocycles. The predicted molar refractivity (Wildman–Crippen MR) is 94.9 cm³/mol. The summed E-state index contributed by atoms with van der Waals surface area (Å²) in [6.45, 7) is 2.68. The van der Waals surface area contributed by atoms with Crippen LogP contribution in [0.1, 0.15) is 49.4 Å². The molecular weight excluding hydrogens is 359 g/mol. The zero-order chi connectivity index (χ0) is 19.2. The van der Waals surface area contributed by atoms with E-state index in [1.54, 1.807) is 6.92 Å². The van der Waals surface area contributed by atoms with Crippen molar-refractivity contribution in [2.45, 2.75) is 44.3 Å². The van der Waals surface area contributed by atoms with Gasteiger partial charge in [-0.25, -0.2) is 9.67 Å². The molecule has 0 aromatic carbocycles. The molecule has 0 saturated heterocycles. The minimum Gasteiger partial charge on any atom is -0.370 e. The van der Waals surface area contributed by atoms with Crippen LogP contribution in [0.15, 0.2) is 12.3 Å². The monoisotopic (exact) mass is 381 g/mol. The van der Waals surface area contributed by atoms with Crippen LogP contribution in [0.4, 0.5) is 30.8 Å². The van der Waals surface area contributed by atoms with Crippen LogP contribution >= 0.6 is 0 Å². The van der Waals surface area contributed by atoms with Crippen molar-refractivity contribution in [2.75, 3.05) is 23.7 Å². The van der Waals surface area contributed by atoms with Crippen LogP contribution < -0.4 is 16.4 Å². The molecule has 0 bridgehead atoms. The van der Waals surface area contributed by atoms with Crippen molar-refractivity contribution in [3.8, 4) is 0 Å². The fraction of sp³-hybridized carbons (Fsp3) is 0.588. The lowest BCUT2D eigenvalue weighted by molar-refractivity contribution is -0.137. The molecule has 2 aliphatic rings. The van der Waals surface area contributed by atoms with Crippen LogP contribution in [0.5, 0.6) is 0 Å². The molecule has 2 fully saturated rings. The number of nitrogens with one attached hydrogen (secondary N) is 2. The number of nitrogens with zero attached hydrogens (tertiary/aromatic N) is 4. The van der Waals surface area contributed by atoms with Crippen LogP contribution in [-0.4, -0.2) is 32.8 Å². The lowest BCUT2D eigenvalue weighted by Crippen LogP contribution is -2.14. The van der Waals surface area contributed by atoms with E-state index in [2.05, 4.69) is 20.6 Å². The van der Waals surface area contributed by atoms with Crippen LogP contribution in [0.2, 0.25) is 0 Å². The lowest BCUT2D eigenvalue weighted by atomic mass is 10.2. The van der Waals surface area contributed by atoms with Crippen molar-refractivity contribution in [1.82, 2.24) is 19.7 Å². The van der Waals surface area contributed by atoms with Crippen molar-refractivity contribution in [1.29, 1.82) is 0 Å². The SMILES string of the molecule is CCNc1nc(Nc2cc([C@H]3C[C@H]3CN)nn2C2CC2)ncc1C(F)(F)F. The lowest BCUT2D eigenvalue weighted by Gasteiger charge is -2.14. The van der Waals surface area contributed by atoms with Gasteiger partial charge in [-0.2, -0.15) is 23.3 Å². The topological polar surface area (TPSA) is 93.7 Å². The number of rotatable bonds is 7. The highest BCUT2D eigenvalue weighted by molar-refractivity contribution is 5.55. The van der Waals surface area contributed by atoms with Gasteiger partial charge in [-0.05, 0) is 38.6 Å². The summed E-state index contributed by atoms with van der Waals surface area (Å²) < 4.78 is 41.2. The van der Waals surface area contributed by atoms with Gasteiger partial charge >= 0.3 is 6.18 Å². The highest BCUT2D eigenvalue weighted by Crippen LogP contribution is 2.48. The van der Waals surface area contributed by atoms with Crippen molar-refractivity contribution < 1.29 is 13.2 Å². The summed E-state index contributed by atoms with van der Waals surface area (Å²) >= 11 is 0. The van der Waals surface area contributed by atoms with E-state index >= 15 is 0 Å². The third kappa shape index (κ3) is 3.71. The van der Waals surface area contributed by atoms with E-state index in [1.807, 2.05) is 10.7 Å². The van der Waals surface area contributed by atoms with Crippen LogP contribution in [0, 0.1) is 5.92 Å². The maximum atomic E-state index is 13.1. The zero-order valence-electron chi connectivity index (χ0n) is 14.9. The van der Waals surface area contributed by atoms with E-state index in [4.69, 9.17) is 10.8 Å². The zero-order valence-corrected chi connectivity index (χ0v) is 14.9. The van der Waals surface area contributed by atoms with E-state index in [0.717, 1.165) is 31.2 Å². The molecule has 2 atom stereocenters. The first-order chi connectivity index (χ1) is 12.9. The Morgan fingerprint density at radius 2 is 2.11 bits per heavy atom. The van der Waals surface area contributed by atoms with Crippen molar-refractivity contribution in [3.63, 3.8) is 0 Å². The predicted octanol–water partition coefficient (Wildman–Crippen LogP) is 3.26. The van der Waals surface area contributed by atoms with E-state index in [-0.39, 0.29) is 11.8 Å². The summed E-state index contributed by atoms with van der Waals surface area (Å²) in [6.07, 6.45) is -0.604. The summed E-state index contributed by atoms with van der Waals surface area (Å²) in [5.74, 6) is 1.41. The van der Waals surface area contributed by atoms with Crippen molar-refractivity contribution >= 4 is 17.6 Å². The maximum absolute atomic E-state index is 13.1. The largest absolute Gasteiger partial charge is 0.421 e. The Bertz CT molecular complexity index is 828. The summed E-state index contributed by atoms with van der Waals surface area (Å²) in [6, 6.07) is 2.26. The average molecular weight is 381 g/mol. The number of anilines is 3. The molecule has 10 heteroatoms. The number of alkyl halides is 3. The van der Waals surface area contributed by atoms with Gasteiger partial charge in [-0.3, -0.25) is 0 Å². The smallest absolute Gasteiger partial charge is 0.370 e. The number of nitrogens with two attached hydrogens (primary N) is 1. The van der Waals surface area contributed by atoms with E-state index in [1.165, 1.54) is 0 Å².